The maximum atomic E-state index is 12.6. The fraction of sp³-hybridized carbons (Fsp3) is 0.351. The van der Waals surface area contributed by atoms with Gasteiger partial charge in [-0.25, -0.2) is 9.78 Å². The number of fused-ring (bicyclic) bond motifs is 2. The molecule has 10 heteroatoms. The highest BCUT2D eigenvalue weighted by Gasteiger charge is 2.31. The van der Waals surface area contributed by atoms with E-state index in [1.54, 1.807) is 11.1 Å². The van der Waals surface area contributed by atoms with Crippen LogP contribution in [0.15, 0.2) is 66.9 Å². The molecule has 1 aliphatic heterocycles. The Morgan fingerprint density at radius 1 is 0.936 bits per heavy atom. The van der Waals surface area contributed by atoms with Crippen LogP contribution < -0.4 is 10.5 Å². The zero-order chi connectivity index (χ0) is 32.5. The van der Waals surface area contributed by atoms with Crippen LogP contribution >= 0.6 is 0 Å². The molecule has 242 valence electrons. The molecule has 2 fully saturated rings. The van der Waals surface area contributed by atoms with Crippen molar-refractivity contribution in [2.45, 2.75) is 58.1 Å². The molecule has 10 nitrogen and oxygen atoms in total. The Bertz CT molecular complexity index is 1970. The number of carbonyl (C=O) groups excluding carboxylic acids is 2. The molecule has 1 saturated heterocycles. The average Bonchev–Trinajstić information content (AvgIpc) is 3.69. The Morgan fingerprint density at radius 2 is 1.72 bits per heavy atom. The van der Waals surface area contributed by atoms with Crippen molar-refractivity contribution in [3.63, 3.8) is 0 Å². The van der Waals surface area contributed by atoms with Crippen LogP contribution in [0, 0.1) is 0 Å². The number of carbonyl (C=O) groups is 2. The van der Waals surface area contributed by atoms with Crippen LogP contribution in [0.4, 0.5) is 10.6 Å². The highest BCUT2D eigenvalue weighted by atomic mass is 16.6. The lowest BCUT2D eigenvalue weighted by molar-refractivity contribution is -0.142. The number of nitrogens with two attached hydrogens (primary N) is 1. The summed E-state index contributed by atoms with van der Waals surface area (Å²) in [6.07, 6.45) is 4.57. The van der Waals surface area contributed by atoms with Crippen molar-refractivity contribution < 1.29 is 23.8 Å². The van der Waals surface area contributed by atoms with E-state index in [1.807, 2.05) is 36.7 Å². The smallest absolute Gasteiger partial charge is 0.409 e. The van der Waals surface area contributed by atoms with Crippen LogP contribution in [0.2, 0.25) is 0 Å². The lowest BCUT2D eigenvalue weighted by Gasteiger charge is -2.16. The molecule has 1 saturated carbocycles. The van der Waals surface area contributed by atoms with Crippen LogP contribution in [-0.2, 0) is 27.3 Å². The molecule has 2 N–H and O–H groups in total. The average molecular weight is 634 g/mol. The normalized spacial score (nSPS) is 16.1. The number of amides is 1. The van der Waals surface area contributed by atoms with Gasteiger partial charge in [-0.2, -0.15) is 5.10 Å². The lowest BCUT2D eigenvalue weighted by atomic mass is 9.99. The summed E-state index contributed by atoms with van der Waals surface area (Å²) in [7, 11) is 0. The minimum Gasteiger partial charge on any atom is -0.487 e. The molecule has 0 spiro atoms. The van der Waals surface area contributed by atoms with E-state index in [4.69, 9.17) is 25.0 Å². The number of rotatable bonds is 10. The predicted octanol–water partition coefficient (Wildman–Crippen LogP) is 6.80. The van der Waals surface area contributed by atoms with Crippen LogP contribution in [0.3, 0.4) is 0 Å². The number of nitrogens with zero attached hydrogens (tertiary/aromatic N) is 4. The minimum atomic E-state index is -0.299. The number of nitrogen functional groups attached to an aromatic ring is 1. The summed E-state index contributed by atoms with van der Waals surface area (Å²) in [5.74, 6) is 1.35. The summed E-state index contributed by atoms with van der Waals surface area (Å²) in [5, 5.41) is 8.00. The van der Waals surface area contributed by atoms with Gasteiger partial charge in [0.15, 0.2) is 0 Å². The summed E-state index contributed by atoms with van der Waals surface area (Å²) in [4.78, 5) is 31.1. The van der Waals surface area contributed by atoms with E-state index in [-0.39, 0.29) is 31.1 Å². The van der Waals surface area contributed by atoms with Gasteiger partial charge in [0.25, 0.3) is 0 Å². The first kappa shape index (κ1) is 30.5. The summed E-state index contributed by atoms with van der Waals surface area (Å²) < 4.78 is 19.1. The van der Waals surface area contributed by atoms with Crippen molar-refractivity contribution in [2.75, 3.05) is 32.0 Å². The van der Waals surface area contributed by atoms with E-state index in [0.29, 0.717) is 43.8 Å². The maximum absolute atomic E-state index is 12.6. The molecule has 2 aliphatic rings. The van der Waals surface area contributed by atoms with Crippen molar-refractivity contribution in [1.29, 1.82) is 0 Å². The molecule has 0 unspecified atom stereocenters. The first-order valence-electron chi connectivity index (χ1n) is 16.4. The molecule has 3 aromatic carbocycles. The third-order valence-electron chi connectivity index (χ3n) is 9.13. The van der Waals surface area contributed by atoms with Crippen molar-refractivity contribution in [1.82, 2.24) is 19.7 Å². The first-order valence-corrected chi connectivity index (χ1v) is 16.4. The van der Waals surface area contributed by atoms with Crippen molar-refractivity contribution in [2.24, 2.45) is 0 Å². The zero-order valence-electron chi connectivity index (χ0n) is 26.8. The Kier molecular flexibility index (Phi) is 8.41. The van der Waals surface area contributed by atoms with Gasteiger partial charge in [-0.3, -0.25) is 9.48 Å². The molecule has 1 amide bonds. The van der Waals surface area contributed by atoms with Gasteiger partial charge in [-0.05, 0) is 91.4 Å². The van der Waals surface area contributed by atoms with Gasteiger partial charge in [0, 0.05) is 35.6 Å². The fourth-order valence-corrected chi connectivity index (χ4v) is 6.65. The number of hydrogen-bond donors (Lipinski definition) is 1. The topological polar surface area (TPSA) is 122 Å². The molecule has 1 atom stereocenters. The first-order chi connectivity index (χ1) is 22.9. The van der Waals surface area contributed by atoms with Crippen LogP contribution in [-0.4, -0.2) is 58.0 Å². The standard InChI is InChI=1S/C37H39N5O5/c1-3-45-35(43)20-30-28(23-8-9-23)6-5-7-34(30)47-22-32-31-19-26(25-11-10-24-14-16-39-36(38)29(24)18-25)12-13-33(31)42(40-32)27-15-17-41(21-27)37(44)46-4-2/h5-7,10-14,16,18-19,23,27H,3-4,8-9,15,17,20-22H2,1-2H3,(H2,38,39)/t27-/m0/s1. The SMILES string of the molecule is CCOC(=O)Cc1c(OCc2nn([C@H]3CCN(C(=O)OCC)C3)c3ccc(-c4ccc5ccnc(N)c5c4)cc23)cccc1C1CC1. The predicted molar refractivity (Wildman–Crippen MR) is 180 cm³/mol. The van der Waals surface area contributed by atoms with Gasteiger partial charge >= 0.3 is 12.1 Å². The summed E-state index contributed by atoms with van der Waals surface area (Å²) in [6.45, 7) is 5.63. The number of pyridine rings is 1. The van der Waals surface area contributed by atoms with Crippen LogP contribution in [0.1, 0.15) is 61.9 Å². The molecule has 0 bridgehead atoms. The van der Waals surface area contributed by atoms with E-state index in [0.717, 1.165) is 68.9 Å². The third-order valence-corrected chi connectivity index (χ3v) is 9.13. The van der Waals surface area contributed by atoms with Gasteiger partial charge in [-0.15, -0.1) is 0 Å². The number of ether oxygens (including phenoxy) is 3. The van der Waals surface area contributed by atoms with E-state index in [9.17, 15) is 9.59 Å². The molecule has 5 aromatic rings. The van der Waals surface area contributed by atoms with Gasteiger partial charge in [0.05, 0.1) is 31.2 Å². The van der Waals surface area contributed by atoms with E-state index in [1.165, 1.54) is 0 Å². The second-order valence-corrected chi connectivity index (χ2v) is 12.2. The number of esters is 1. The minimum absolute atomic E-state index is 0.00869. The number of benzene rings is 3. The molecule has 3 heterocycles. The summed E-state index contributed by atoms with van der Waals surface area (Å²) in [5.41, 5.74) is 12.0. The van der Waals surface area contributed by atoms with E-state index < -0.39 is 0 Å². The second-order valence-electron chi connectivity index (χ2n) is 12.2. The number of anilines is 1. The highest BCUT2D eigenvalue weighted by molar-refractivity contribution is 5.95. The Morgan fingerprint density at radius 3 is 2.51 bits per heavy atom. The number of likely N-dealkylation sites (tertiary alicyclic amines) is 1. The molecular weight excluding hydrogens is 594 g/mol. The van der Waals surface area contributed by atoms with E-state index >= 15 is 0 Å². The molecule has 7 rings (SSSR count). The molecular formula is C37H39N5O5. The van der Waals surface area contributed by atoms with Crippen molar-refractivity contribution >= 4 is 39.6 Å². The second kappa shape index (κ2) is 12.9. The van der Waals surface area contributed by atoms with Gasteiger partial charge < -0.3 is 24.8 Å². The van der Waals surface area contributed by atoms with Gasteiger partial charge in [-0.1, -0.05) is 30.3 Å². The van der Waals surface area contributed by atoms with Crippen molar-refractivity contribution in [3.05, 3.63) is 83.7 Å². The van der Waals surface area contributed by atoms with Crippen LogP contribution in [0.5, 0.6) is 5.75 Å². The molecule has 47 heavy (non-hydrogen) atoms. The summed E-state index contributed by atoms with van der Waals surface area (Å²) in [6, 6.07) is 20.5. The van der Waals surface area contributed by atoms with Crippen LogP contribution in [0.25, 0.3) is 32.8 Å². The highest BCUT2D eigenvalue weighted by Crippen LogP contribution is 2.44. The molecule has 0 radical (unpaired) electrons. The molecule has 1 aliphatic carbocycles. The van der Waals surface area contributed by atoms with Gasteiger partial charge in [0.2, 0.25) is 0 Å². The van der Waals surface area contributed by atoms with Gasteiger partial charge in [0.1, 0.15) is 23.9 Å². The molecule has 2 aromatic heterocycles. The summed E-state index contributed by atoms with van der Waals surface area (Å²) >= 11 is 0. The Balaban J connectivity index is 1.26. The van der Waals surface area contributed by atoms with E-state index in [2.05, 4.69) is 47.4 Å². The van der Waals surface area contributed by atoms with Crippen molar-refractivity contribution in [3.8, 4) is 16.9 Å². The third kappa shape index (κ3) is 6.19. The number of aromatic nitrogens is 3. The number of hydrogen-bond acceptors (Lipinski definition) is 8. The quantitative estimate of drug-likeness (QED) is 0.167. The lowest BCUT2D eigenvalue weighted by Crippen LogP contribution is -2.29. The largest absolute Gasteiger partial charge is 0.487 e. The monoisotopic (exact) mass is 633 g/mol. The maximum Gasteiger partial charge on any atom is 0.409 e. The fourth-order valence-electron chi connectivity index (χ4n) is 6.65. The zero-order valence-corrected chi connectivity index (χ0v) is 26.8. The Hall–Kier alpha value is -5.12. The Labute approximate surface area is 273 Å².